The molecule has 27 heavy (non-hydrogen) atoms. The highest BCUT2D eigenvalue weighted by Crippen LogP contribution is 2.16. The number of hydrogen-bond donors (Lipinski definition) is 3. The fourth-order valence-corrected chi connectivity index (χ4v) is 3.24. The van der Waals surface area contributed by atoms with Gasteiger partial charge in [-0.3, -0.25) is 4.79 Å². The quantitative estimate of drug-likeness (QED) is 0.465. The van der Waals surface area contributed by atoms with Gasteiger partial charge in [-0.05, 0) is 37.1 Å². The van der Waals surface area contributed by atoms with Gasteiger partial charge in [0, 0.05) is 12.1 Å². The molecule has 2 aromatic rings. The van der Waals surface area contributed by atoms with Gasteiger partial charge in [0.05, 0.1) is 11.3 Å². The lowest BCUT2D eigenvalue weighted by molar-refractivity contribution is -0.137. The second-order valence-electron chi connectivity index (χ2n) is 5.92. The summed E-state index contributed by atoms with van der Waals surface area (Å²) in [6.07, 6.45) is -0.972. The van der Waals surface area contributed by atoms with Crippen molar-refractivity contribution in [2.24, 2.45) is 0 Å². The summed E-state index contributed by atoms with van der Waals surface area (Å²) in [6.45, 7) is 1.78. The predicted molar refractivity (Wildman–Crippen MR) is 90.7 cm³/mol. The Hall–Kier alpha value is -2.43. The van der Waals surface area contributed by atoms with E-state index in [1.807, 2.05) is 4.83 Å². The number of aryl methyl sites for hydroxylation is 1. The van der Waals surface area contributed by atoms with Gasteiger partial charge in [-0.25, -0.2) is 27.0 Å². The normalized spacial score (nSPS) is 12.7. The average molecular weight is 402 g/mol. The lowest BCUT2D eigenvalue weighted by Gasteiger charge is -2.18. The Morgan fingerprint density at radius 2 is 1.67 bits per heavy atom. The molecule has 0 saturated heterocycles. The van der Waals surface area contributed by atoms with Gasteiger partial charge < -0.3 is 5.11 Å². The fraction of sp³-hybridized carbons (Fsp3) is 0.235. The summed E-state index contributed by atoms with van der Waals surface area (Å²) in [5.41, 5.74) is 2.87. The highest BCUT2D eigenvalue weighted by atomic mass is 32.2. The first-order chi connectivity index (χ1) is 12.6. The summed E-state index contributed by atoms with van der Waals surface area (Å²) < 4.78 is 64.6. The Morgan fingerprint density at radius 3 is 2.26 bits per heavy atom. The number of rotatable bonds is 8. The first-order valence-electron chi connectivity index (χ1n) is 7.77. The maximum absolute atomic E-state index is 13.8. The van der Waals surface area contributed by atoms with E-state index in [-0.39, 0.29) is 16.9 Å². The Labute approximate surface area is 154 Å². The summed E-state index contributed by atoms with van der Waals surface area (Å²) in [5.74, 6) is -5.02. The van der Waals surface area contributed by atoms with Crippen LogP contribution in [0.5, 0.6) is 0 Å². The lowest BCUT2D eigenvalue weighted by Crippen LogP contribution is -2.46. The second-order valence-corrected chi connectivity index (χ2v) is 7.60. The van der Waals surface area contributed by atoms with Crippen LogP contribution in [0.15, 0.2) is 41.3 Å². The zero-order valence-corrected chi connectivity index (χ0v) is 15.0. The molecule has 0 aliphatic carbocycles. The smallest absolute Gasteiger partial charge is 0.304 e. The molecule has 146 valence electrons. The zero-order valence-electron chi connectivity index (χ0n) is 14.2. The van der Waals surface area contributed by atoms with Gasteiger partial charge in [0.2, 0.25) is 0 Å². The third-order valence-corrected chi connectivity index (χ3v) is 4.98. The molecular formula is C17H17F3N2O4S. The van der Waals surface area contributed by atoms with Crippen LogP contribution in [-0.2, 0) is 21.2 Å². The van der Waals surface area contributed by atoms with E-state index >= 15 is 0 Å². The third kappa shape index (κ3) is 5.78. The van der Waals surface area contributed by atoms with Crippen LogP contribution in [0.1, 0.15) is 17.5 Å². The van der Waals surface area contributed by atoms with Crippen LogP contribution in [0.3, 0.4) is 0 Å². The van der Waals surface area contributed by atoms with Crippen LogP contribution in [0.4, 0.5) is 13.2 Å². The molecule has 0 aromatic heterocycles. The van der Waals surface area contributed by atoms with Crippen LogP contribution >= 0.6 is 0 Å². The average Bonchev–Trinajstić information content (AvgIpc) is 2.57. The molecule has 0 saturated carbocycles. The molecule has 1 atom stereocenters. The molecule has 0 amide bonds. The van der Waals surface area contributed by atoms with Crippen molar-refractivity contribution < 1.29 is 31.5 Å². The molecule has 0 fully saturated rings. The van der Waals surface area contributed by atoms with E-state index in [1.54, 1.807) is 19.1 Å². The van der Waals surface area contributed by atoms with Gasteiger partial charge in [-0.15, -0.1) is 4.83 Å². The van der Waals surface area contributed by atoms with Crippen molar-refractivity contribution in [3.8, 4) is 0 Å². The molecular weight excluding hydrogens is 385 g/mol. The minimum atomic E-state index is -4.01. The number of hydrogen-bond acceptors (Lipinski definition) is 4. The van der Waals surface area contributed by atoms with Crippen molar-refractivity contribution in [2.75, 3.05) is 0 Å². The Morgan fingerprint density at radius 1 is 1.07 bits per heavy atom. The summed E-state index contributed by atoms with van der Waals surface area (Å²) in [6, 6.07) is 5.73. The van der Waals surface area contributed by atoms with Crippen molar-refractivity contribution in [3.63, 3.8) is 0 Å². The Bertz CT molecular complexity index is 934. The first kappa shape index (κ1) is 20.9. The highest BCUT2D eigenvalue weighted by molar-refractivity contribution is 7.89. The van der Waals surface area contributed by atoms with E-state index in [2.05, 4.69) is 5.43 Å². The van der Waals surface area contributed by atoms with E-state index in [4.69, 9.17) is 5.11 Å². The standard InChI is InChI=1S/C17H17F3N2O4S/c1-10-2-4-13(5-3-10)27(25,26)22-21-12(8-17(23)24)6-11-7-15(19)16(20)9-14(11)18/h2-5,7,9,12,21-22H,6,8H2,1H3,(H,23,24)/t12-/m1/s1. The SMILES string of the molecule is Cc1ccc(S(=O)(=O)NN[C@@H](CC(=O)O)Cc2cc(F)c(F)cc2F)cc1. The van der Waals surface area contributed by atoms with Crippen LogP contribution in [0.2, 0.25) is 0 Å². The van der Waals surface area contributed by atoms with Crippen molar-refractivity contribution in [2.45, 2.75) is 30.7 Å². The van der Waals surface area contributed by atoms with Crippen molar-refractivity contribution >= 4 is 16.0 Å². The molecule has 0 unspecified atom stereocenters. The number of hydrazine groups is 1. The molecule has 0 radical (unpaired) electrons. The summed E-state index contributed by atoms with van der Waals surface area (Å²) in [4.78, 5) is 13.0. The van der Waals surface area contributed by atoms with Crippen LogP contribution in [0.25, 0.3) is 0 Å². The maximum Gasteiger partial charge on any atom is 0.304 e. The van der Waals surface area contributed by atoms with E-state index < -0.39 is 45.9 Å². The van der Waals surface area contributed by atoms with Gasteiger partial charge in [0.1, 0.15) is 5.82 Å². The monoisotopic (exact) mass is 402 g/mol. The van der Waals surface area contributed by atoms with E-state index in [9.17, 15) is 26.4 Å². The van der Waals surface area contributed by atoms with Gasteiger partial charge in [-0.2, -0.15) is 0 Å². The second kappa shape index (κ2) is 8.51. The first-order valence-corrected chi connectivity index (χ1v) is 9.26. The van der Waals surface area contributed by atoms with Gasteiger partial charge >= 0.3 is 5.97 Å². The van der Waals surface area contributed by atoms with E-state index in [0.29, 0.717) is 12.1 Å². The van der Waals surface area contributed by atoms with Gasteiger partial charge in [0.15, 0.2) is 11.6 Å². The molecule has 0 aliphatic heterocycles. The zero-order chi connectivity index (χ0) is 20.2. The van der Waals surface area contributed by atoms with Gasteiger partial charge in [-0.1, -0.05) is 17.7 Å². The molecule has 2 aromatic carbocycles. The Kier molecular flexibility index (Phi) is 6.58. The maximum atomic E-state index is 13.8. The minimum Gasteiger partial charge on any atom is -0.481 e. The molecule has 6 nitrogen and oxygen atoms in total. The Balaban J connectivity index is 2.16. The third-order valence-electron chi connectivity index (χ3n) is 3.71. The summed E-state index contributed by atoms with van der Waals surface area (Å²) in [5, 5.41) is 8.96. The van der Waals surface area contributed by atoms with Crippen molar-refractivity contribution in [1.82, 2.24) is 10.3 Å². The van der Waals surface area contributed by atoms with Crippen LogP contribution in [-0.4, -0.2) is 25.5 Å². The molecule has 0 heterocycles. The molecule has 2 rings (SSSR count). The van der Waals surface area contributed by atoms with Crippen molar-refractivity contribution in [1.29, 1.82) is 0 Å². The topological polar surface area (TPSA) is 95.5 Å². The molecule has 3 N–H and O–H groups in total. The molecule has 0 spiro atoms. The number of halogens is 3. The van der Waals surface area contributed by atoms with E-state index in [1.165, 1.54) is 12.1 Å². The largest absolute Gasteiger partial charge is 0.481 e. The fourth-order valence-electron chi connectivity index (χ4n) is 2.31. The molecule has 0 aliphatic rings. The summed E-state index contributed by atoms with van der Waals surface area (Å²) >= 11 is 0. The highest BCUT2D eigenvalue weighted by Gasteiger charge is 2.21. The molecule has 10 heteroatoms. The number of aliphatic carboxylic acids is 1. The number of nitrogens with one attached hydrogen (secondary N) is 2. The van der Waals surface area contributed by atoms with E-state index in [0.717, 1.165) is 5.56 Å². The number of carboxylic acid groups (broad SMARTS) is 1. The number of benzene rings is 2. The minimum absolute atomic E-state index is 0.0614. The number of sulfonamides is 1. The van der Waals surface area contributed by atoms with Gasteiger partial charge in [0.25, 0.3) is 10.0 Å². The molecule has 0 bridgehead atoms. The predicted octanol–water partition coefficient (Wildman–Crippen LogP) is 2.28. The number of carboxylic acids is 1. The van der Waals surface area contributed by atoms with Crippen molar-refractivity contribution in [3.05, 3.63) is 65.0 Å². The number of carbonyl (C=O) groups is 1. The van der Waals surface area contributed by atoms with Crippen LogP contribution in [0, 0.1) is 24.4 Å². The lowest BCUT2D eigenvalue weighted by atomic mass is 10.0. The summed E-state index contributed by atoms with van der Waals surface area (Å²) in [7, 11) is -4.01. The van der Waals surface area contributed by atoms with Crippen LogP contribution < -0.4 is 10.3 Å².